The number of carbonyl (C=O) groups excluding carboxylic acids is 2. The van der Waals surface area contributed by atoms with Crippen LogP contribution < -0.4 is 14.2 Å². The first-order valence-electron chi connectivity index (χ1n) is 10.1. The predicted octanol–water partition coefficient (Wildman–Crippen LogP) is -0.00530. The lowest BCUT2D eigenvalue weighted by Crippen LogP contribution is -2.40. The van der Waals surface area contributed by atoms with E-state index in [4.69, 9.17) is 9.47 Å². The van der Waals surface area contributed by atoms with E-state index < -0.39 is 10.0 Å². The molecule has 1 aliphatic rings. The molecule has 0 unspecified atom stereocenters. The SMILES string of the molecule is COc1ccc(S(=O)(=O)NCCC(=O)N2CCCN(CC(=O)N(C)C)CC2)cc1OC. The van der Waals surface area contributed by atoms with Gasteiger partial charge in [-0.1, -0.05) is 0 Å². The average Bonchev–Trinajstić information content (AvgIpc) is 2.98. The number of nitrogens with one attached hydrogen (secondary N) is 1. The maximum Gasteiger partial charge on any atom is 0.240 e. The number of amides is 2. The van der Waals surface area contributed by atoms with Gasteiger partial charge < -0.3 is 19.3 Å². The zero-order valence-corrected chi connectivity index (χ0v) is 19.4. The van der Waals surface area contributed by atoms with Crippen LogP contribution in [0.3, 0.4) is 0 Å². The quantitative estimate of drug-likeness (QED) is 0.557. The summed E-state index contributed by atoms with van der Waals surface area (Å²) in [7, 11) is 2.55. The van der Waals surface area contributed by atoms with Crippen LogP contribution in [-0.4, -0.2) is 103 Å². The third-order valence-electron chi connectivity index (χ3n) is 5.10. The molecule has 0 aromatic heterocycles. The summed E-state index contributed by atoms with van der Waals surface area (Å²) < 4.78 is 37.8. The standard InChI is InChI=1S/C20H32N4O6S/c1-22(2)20(26)15-23-10-5-11-24(13-12-23)19(25)8-9-21-31(27,28)16-6-7-17(29-3)18(14-16)30-4/h6-7,14,21H,5,8-13,15H2,1-4H3. The summed E-state index contributed by atoms with van der Waals surface area (Å²) in [4.78, 5) is 29.8. The first-order chi connectivity index (χ1) is 14.7. The van der Waals surface area contributed by atoms with Crippen LogP contribution in [0.5, 0.6) is 11.5 Å². The number of likely N-dealkylation sites (N-methyl/N-ethyl adjacent to an activating group) is 1. The summed E-state index contributed by atoms with van der Waals surface area (Å²) in [5, 5.41) is 0. The minimum absolute atomic E-state index is 0.00512. The Morgan fingerprint density at radius 2 is 1.77 bits per heavy atom. The van der Waals surface area contributed by atoms with Crippen LogP contribution >= 0.6 is 0 Å². The van der Waals surface area contributed by atoms with Gasteiger partial charge in [0.15, 0.2) is 11.5 Å². The van der Waals surface area contributed by atoms with Crippen molar-refractivity contribution in [1.82, 2.24) is 19.4 Å². The molecule has 1 N–H and O–H groups in total. The number of hydrogen-bond acceptors (Lipinski definition) is 7. The summed E-state index contributed by atoms with van der Waals surface area (Å²) in [5.41, 5.74) is 0. The highest BCUT2D eigenvalue weighted by atomic mass is 32.2. The van der Waals surface area contributed by atoms with Crippen LogP contribution in [0.25, 0.3) is 0 Å². The second kappa shape index (κ2) is 11.3. The van der Waals surface area contributed by atoms with Gasteiger partial charge in [-0.2, -0.15) is 0 Å². The van der Waals surface area contributed by atoms with Crippen molar-refractivity contribution < 1.29 is 27.5 Å². The molecule has 174 valence electrons. The minimum Gasteiger partial charge on any atom is -0.493 e. The van der Waals surface area contributed by atoms with Crippen molar-refractivity contribution in [3.8, 4) is 11.5 Å². The summed E-state index contributed by atoms with van der Waals surface area (Å²) in [6, 6.07) is 4.31. The molecule has 0 saturated carbocycles. The smallest absolute Gasteiger partial charge is 0.240 e. The van der Waals surface area contributed by atoms with Crippen molar-refractivity contribution in [2.45, 2.75) is 17.7 Å². The molecular formula is C20H32N4O6S. The summed E-state index contributed by atoms with van der Waals surface area (Å²) in [6.07, 6.45) is 0.826. The molecule has 10 nitrogen and oxygen atoms in total. The molecule has 1 heterocycles. The molecule has 0 spiro atoms. The van der Waals surface area contributed by atoms with Crippen molar-refractivity contribution in [2.75, 3.05) is 67.6 Å². The highest BCUT2D eigenvalue weighted by molar-refractivity contribution is 7.89. The highest BCUT2D eigenvalue weighted by Gasteiger charge is 2.22. The van der Waals surface area contributed by atoms with E-state index >= 15 is 0 Å². The van der Waals surface area contributed by atoms with E-state index in [9.17, 15) is 18.0 Å². The van der Waals surface area contributed by atoms with Crippen molar-refractivity contribution >= 4 is 21.8 Å². The Bertz CT molecular complexity index is 874. The van der Waals surface area contributed by atoms with Crippen molar-refractivity contribution in [3.63, 3.8) is 0 Å². The molecule has 2 rings (SSSR count). The van der Waals surface area contributed by atoms with Crippen molar-refractivity contribution in [1.29, 1.82) is 0 Å². The predicted molar refractivity (Wildman–Crippen MR) is 116 cm³/mol. The van der Waals surface area contributed by atoms with E-state index in [0.717, 1.165) is 13.0 Å². The normalized spacial score (nSPS) is 15.3. The topological polar surface area (TPSA) is 108 Å². The summed E-state index contributed by atoms with van der Waals surface area (Å²) >= 11 is 0. The van der Waals surface area contributed by atoms with Gasteiger partial charge in [-0.3, -0.25) is 14.5 Å². The Morgan fingerprint density at radius 1 is 1.06 bits per heavy atom. The monoisotopic (exact) mass is 456 g/mol. The van der Waals surface area contributed by atoms with Gasteiger partial charge in [0.1, 0.15) is 0 Å². The molecule has 0 radical (unpaired) electrons. The molecule has 2 amide bonds. The van der Waals surface area contributed by atoms with Gasteiger partial charge in [0, 0.05) is 59.3 Å². The second-order valence-corrected chi connectivity index (χ2v) is 9.23. The number of sulfonamides is 1. The van der Waals surface area contributed by atoms with Crippen LogP contribution in [-0.2, 0) is 19.6 Å². The number of methoxy groups -OCH3 is 2. The van der Waals surface area contributed by atoms with E-state index in [2.05, 4.69) is 4.72 Å². The summed E-state index contributed by atoms with van der Waals surface area (Å²) in [6.45, 7) is 2.79. The number of hydrogen-bond donors (Lipinski definition) is 1. The van der Waals surface area contributed by atoms with E-state index in [-0.39, 0.29) is 29.7 Å². The zero-order chi connectivity index (χ0) is 23.0. The lowest BCUT2D eigenvalue weighted by atomic mass is 10.3. The van der Waals surface area contributed by atoms with Gasteiger partial charge >= 0.3 is 0 Å². The van der Waals surface area contributed by atoms with Gasteiger partial charge in [-0.15, -0.1) is 0 Å². The lowest BCUT2D eigenvalue weighted by Gasteiger charge is -2.23. The maximum atomic E-state index is 12.6. The Balaban J connectivity index is 1.86. The van der Waals surface area contributed by atoms with E-state index in [0.29, 0.717) is 37.7 Å². The van der Waals surface area contributed by atoms with E-state index in [1.807, 2.05) is 4.90 Å². The van der Waals surface area contributed by atoms with Crippen molar-refractivity contribution in [2.24, 2.45) is 0 Å². The Labute approximate surface area is 184 Å². The number of carbonyl (C=O) groups is 2. The third-order valence-corrected chi connectivity index (χ3v) is 6.55. The van der Waals surface area contributed by atoms with E-state index in [1.54, 1.807) is 23.9 Å². The Morgan fingerprint density at radius 3 is 2.42 bits per heavy atom. The molecule has 1 fully saturated rings. The lowest BCUT2D eigenvalue weighted by molar-refractivity contribution is -0.130. The number of nitrogens with zero attached hydrogens (tertiary/aromatic N) is 3. The highest BCUT2D eigenvalue weighted by Crippen LogP contribution is 2.29. The second-order valence-electron chi connectivity index (χ2n) is 7.46. The fourth-order valence-corrected chi connectivity index (χ4v) is 4.28. The van der Waals surface area contributed by atoms with Gasteiger partial charge in [0.2, 0.25) is 21.8 Å². The van der Waals surface area contributed by atoms with Crippen LogP contribution in [0.4, 0.5) is 0 Å². The van der Waals surface area contributed by atoms with Gasteiger partial charge in [-0.05, 0) is 18.6 Å². The Hall–Kier alpha value is -2.37. The molecular weight excluding hydrogens is 424 g/mol. The molecule has 1 aliphatic heterocycles. The third kappa shape index (κ3) is 7.08. The molecule has 31 heavy (non-hydrogen) atoms. The molecule has 0 aliphatic carbocycles. The molecule has 0 bridgehead atoms. The molecule has 1 aromatic rings. The maximum absolute atomic E-state index is 12.6. The first kappa shape index (κ1) is 24.9. The van der Waals surface area contributed by atoms with E-state index in [1.165, 1.54) is 32.4 Å². The zero-order valence-electron chi connectivity index (χ0n) is 18.6. The fourth-order valence-electron chi connectivity index (χ4n) is 3.23. The number of ether oxygens (including phenoxy) is 2. The molecule has 1 aromatic carbocycles. The minimum atomic E-state index is -3.79. The number of rotatable bonds is 9. The van der Waals surface area contributed by atoms with Gasteiger partial charge in [-0.25, -0.2) is 13.1 Å². The van der Waals surface area contributed by atoms with Gasteiger partial charge in [0.05, 0.1) is 25.7 Å². The van der Waals surface area contributed by atoms with Gasteiger partial charge in [0.25, 0.3) is 0 Å². The van der Waals surface area contributed by atoms with Crippen LogP contribution in [0, 0.1) is 0 Å². The average molecular weight is 457 g/mol. The van der Waals surface area contributed by atoms with Crippen molar-refractivity contribution in [3.05, 3.63) is 18.2 Å². The first-order valence-corrected chi connectivity index (χ1v) is 11.6. The molecule has 0 atom stereocenters. The fraction of sp³-hybridized carbons (Fsp3) is 0.600. The largest absolute Gasteiger partial charge is 0.493 e. The molecule has 11 heteroatoms. The Kier molecular flexibility index (Phi) is 9.08. The van der Waals surface area contributed by atoms with Crippen LogP contribution in [0.1, 0.15) is 12.8 Å². The summed E-state index contributed by atoms with van der Waals surface area (Å²) in [5.74, 6) is 0.655. The molecule has 1 saturated heterocycles. The number of benzene rings is 1. The van der Waals surface area contributed by atoms with Crippen LogP contribution in [0.2, 0.25) is 0 Å². The van der Waals surface area contributed by atoms with Crippen LogP contribution in [0.15, 0.2) is 23.1 Å².